The average molecular weight is 256 g/mol. The van der Waals surface area contributed by atoms with E-state index in [1.807, 2.05) is 37.3 Å². The number of hydrogen-bond donors (Lipinski definition) is 1. The van der Waals surface area contributed by atoms with Crippen LogP contribution in [0.2, 0.25) is 0 Å². The molecule has 0 spiro atoms. The Morgan fingerprint density at radius 1 is 1.42 bits per heavy atom. The third kappa shape index (κ3) is 2.03. The molecule has 96 valence electrons. The standard InChI is InChI=1S/C14H12N2O3/c1-8-6-10(9-4-2-3-5-11(9)15-8)12-7-13(14(17)18)19-16-12/h2-6,13H,7H2,1H3,(H,17,18). The Labute approximate surface area is 109 Å². The van der Waals surface area contributed by atoms with Crippen LogP contribution in [0.5, 0.6) is 0 Å². The number of aromatic nitrogens is 1. The van der Waals surface area contributed by atoms with Gasteiger partial charge in [-0.25, -0.2) is 4.79 Å². The van der Waals surface area contributed by atoms with Crippen LogP contribution < -0.4 is 0 Å². The molecule has 1 atom stereocenters. The van der Waals surface area contributed by atoms with Crippen molar-refractivity contribution >= 4 is 22.6 Å². The summed E-state index contributed by atoms with van der Waals surface area (Å²) in [7, 11) is 0. The molecule has 0 aliphatic carbocycles. The largest absolute Gasteiger partial charge is 0.478 e. The van der Waals surface area contributed by atoms with Crippen LogP contribution in [0.1, 0.15) is 17.7 Å². The Morgan fingerprint density at radius 2 is 2.21 bits per heavy atom. The Hall–Kier alpha value is -2.43. The van der Waals surface area contributed by atoms with Crippen LogP contribution in [-0.4, -0.2) is 27.9 Å². The van der Waals surface area contributed by atoms with Crippen molar-refractivity contribution < 1.29 is 14.7 Å². The van der Waals surface area contributed by atoms with Gasteiger partial charge in [-0.05, 0) is 19.1 Å². The van der Waals surface area contributed by atoms with E-state index < -0.39 is 12.1 Å². The van der Waals surface area contributed by atoms with Crippen LogP contribution in [0.3, 0.4) is 0 Å². The summed E-state index contributed by atoms with van der Waals surface area (Å²) in [5.41, 5.74) is 3.30. The van der Waals surface area contributed by atoms with Gasteiger partial charge in [0.2, 0.25) is 6.10 Å². The minimum absolute atomic E-state index is 0.281. The lowest BCUT2D eigenvalue weighted by atomic mass is 10.00. The molecule has 5 heteroatoms. The third-order valence-corrected chi connectivity index (χ3v) is 3.10. The van der Waals surface area contributed by atoms with Crippen LogP contribution in [0.4, 0.5) is 0 Å². The van der Waals surface area contributed by atoms with E-state index in [9.17, 15) is 4.79 Å². The molecule has 0 radical (unpaired) electrons. The number of benzene rings is 1. The fourth-order valence-electron chi connectivity index (χ4n) is 2.22. The quantitative estimate of drug-likeness (QED) is 0.893. The fraction of sp³-hybridized carbons (Fsp3) is 0.214. The van der Waals surface area contributed by atoms with Gasteiger partial charge in [0.25, 0.3) is 0 Å². The van der Waals surface area contributed by atoms with Crippen molar-refractivity contribution in [3.63, 3.8) is 0 Å². The summed E-state index contributed by atoms with van der Waals surface area (Å²) in [4.78, 5) is 20.3. The van der Waals surface area contributed by atoms with E-state index in [0.717, 1.165) is 22.2 Å². The average Bonchev–Trinajstić information content (AvgIpc) is 2.87. The monoisotopic (exact) mass is 256 g/mol. The first kappa shape index (κ1) is 11.6. The van der Waals surface area contributed by atoms with Crippen molar-refractivity contribution in [1.82, 2.24) is 4.98 Å². The van der Waals surface area contributed by atoms with Gasteiger partial charge in [-0.2, -0.15) is 0 Å². The normalized spacial score (nSPS) is 18.2. The van der Waals surface area contributed by atoms with Crippen LogP contribution >= 0.6 is 0 Å². The Kier molecular flexibility index (Phi) is 2.67. The highest BCUT2D eigenvalue weighted by Gasteiger charge is 2.29. The summed E-state index contributed by atoms with van der Waals surface area (Å²) in [5, 5.41) is 13.8. The number of rotatable bonds is 2. The Balaban J connectivity index is 2.09. The first-order valence-electron chi connectivity index (χ1n) is 5.97. The van der Waals surface area contributed by atoms with Gasteiger partial charge in [0, 0.05) is 23.1 Å². The molecule has 1 unspecified atom stereocenters. The number of oxime groups is 1. The molecule has 2 aromatic rings. The van der Waals surface area contributed by atoms with Crippen molar-refractivity contribution in [3.05, 3.63) is 41.6 Å². The lowest BCUT2D eigenvalue weighted by molar-refractivity contribution is -0.148. The van der Waals surface area contributed by atoms with E-state index in [1.165, 1.54) is 0 Å². The number of nitrogens with zero attached hydrogens (tertiary/aromatic N) is 2. The smallest absolute Gasteiger partial charge is 0.348 e. The molecule has 0 saturated carbocycles. The van der Waals surface area contributed by atoms with E-state index in [0.29, 0.717) is 5.71 Å². The number of hydrogen-bond acceptors (Lipinski definition) is 4. The Morgan fingerprint density at radius 3 is 2.95 bits per heavy atom. The van der Waals surface area contributed by atoms with Gasteiger partial charge in [0.15, 0.2) is 0 Å². The number of carbonyl (C=O) groups is 1. The highest BCUT2D eigenvalue weighted by molar-refractivity contribution is 6.11. The number of aryl methyl sites for hydroxylation is 1. The molecule has 1 aromatic heterocycles. The van der Waals surface area contributed by atoms with E-state index >= 15 is 0 Å². The Bertz CT molecular complexity index is 694. The molecule has 0 bridgehead atoms. The first-order chi connectivity index (χ1) is 9.15. The molecule has 1 aliphatic heterocycles. The summed E-state index contributed by atoms with van der Waals surface area (Å²) in [5.74, 6) is -0.992. The van der Waals surface area contributed by atoms with E-state index in [4.69, 9.17) is 9.94 Å². The molecule has 0 saturated heterocycles. The second kappa shape index (κ2) is 4.35. The van der Waals surface area contributed by atoms with Gasteiger partial charge in [-0.15, -0.1) is 0 Å². The van der Waals surface area contributed by atoms with Crippen LogP contribution in [0.25, 0.3) is 10.9 Å². The number of carboxylic acid groups (broad SMARTS) is 1. The minimum Gasteiger partial charge on any atom is -0.478 e. The maximum atomic E-state index is 10.9. The lowest BCUT2D eigenvalue weighted by Crippen LogP contribution is -2.20. The zero-order valence-corrected chi connectivity index (χ0v) is 10.3. The van der Waals surface area contributed by atoms with E-state index in [-0.39, 0.29) is 6.42 Å². The predicted molar refractivity (Wildman–Crippen MR) is 70.1 cm³/mol. The van der Waals surface area contributed by atoms with Gasteiger partial charge in [-0.3, -0.25) is 4.98 Å². The topological polar surface area (TPSA) is 71.8 Å². The maximum Gasteiger partial charge on any atom is 0.348 e. The number of para-hydroxylation sites is 1. The predicted octanol–water partition coefficient (Wildman–Crippen LogP) is 2.12. The second-order valence-electron chi connectivity index (χ2n) is 4.50. The number of aliphatic carboxylic acids is 1. The molecule has 3 rings (SSSR count). The molecular weight excluding hydrogens is 244 g/mol. The molecule has 2 heterocycles. The summed E-state index contributed by atoms with van der Waals surface area (Å²) >= 11 is 0. The fourth-order valence-corrected chi connectivity index (χ4v) is 2.22. The summed E-state index contributed by atoms with van der Waals surface area (Å²) in [6.07, 6.45) is -0.606. The van der Waals surface area contributed by atoms with E-state index in [2.05, 4.69) is 10.1 Å². The van der Waals surface area contributed by atoms with Crippen LogP contribution in [-0.2, 0) is 9.63 Å². The van der Waals surface area contributed by atoms with Crippen molar-refractivity contribution in [2.24, 2.45) is 5.16 Å². The van der Waals surface area contributed by atoms with Crippen LogP contribution in [0.15, 0.2) is 35.5 Å². The minimum atomic E-state index is -0.992. The maximum absolute atomic E-state index is 10.9. The zero-order valence-electron chi connectivity index (χ0n) is 10.3. The lowest BCUT2D eigenvalue weighted by Gasteiger charge is -2.06. The SMILES string of the molecule is Cc1cc(C2=NOC(C(=O)O)C2)c2ccccc2n1. The molecule has 0 fully saturated rings. The molecular formula is C14H12N2O3. The van der Waals surface area contributed by atoms with E-state index in [1.54, 1.807) is 0 Å². The van der Waals surface area contributed by atoms with Crippen molar-refractivity contribution in [3.8, 4) is 0 Å². The van der Waals surface area contributed by atoms with Gasteiger partial charge in [0.05, 0.1) is 11.2 Å². The summed E-state index contributed by atoms with van der Waals surface area (Å²) in [6, 6.07) is 9.64. The van der Waals surface area contributed by atoms with Gasteiger partial charge >= 0.3 is 5.97 Å². The number of pyridine rings is 1. The van der Waals surface area contributed by atoms with Gasteiger partial charge in [-0.1, -0.05) is 23.4 Å². The van der Waals surface area contributed by atoms with Crippen LogP contribution in [0, 0.1) is 6.92 Å². The van der Waals surface area contributed by atoms with Crippen molar-refractivity contribution in [2.75, 3.05) is 0 Å². The summed E-state index contributed by atoms with van der Waals surface area (Å²) < 4.78 is 0. The summed E-state index contributed by atoms with van der Waals surface area (Å²) in [6.45, 7) is 1.90. The van der Waals surface area contributed by atoms with Gasteiger partial charge in [0.1, 0.15) is 0 Å². The molecule has 1 N–H and O–H groups in total. The molecule has 0 amide bonds. The molecule has 5 nitrogen and oxygen atoms in total. The number of fused-ring (bicyclic) bond motifs is 1. The molecule has 1 aliphatic rings. The highest BCUT2D eigenvalue weighted by atomic mass is 16.7. The third-order valence-electron chi connectivity index (χ3n) is 3.10. The van der Waals surface area contributed by atoms with Gasteiger partial charge < -0.3 is 9.94 Å². The van der Waals surface area contributed by atoms with Crippen molar-refractivity contribution in [1.29, 1.82) is 0 Å². The zero-order chi connectivity index (χ0) is 13.4. The number of carboxylic acids is 1. The second-order valence-corrected chi connectivity index (χ2v) is 4.50. The molecule has 19 heavy (non-hydrogen) atoms. The molecule has 1 aromatic carbocycles. The highest BCUT2D eigenvalue weighted by Crippen LogP contribution is 2.24. The van der Waals surface area contributed by atoms with Crippen molar-refractivity contribution in [2.45, 2.75) is 19.4 Å². The first-order valence-corrected chi connectivity index (χ1v) is 5.97.